The highest BCUT2D eigenvalue weighted by molar-refractivity contribution is 6.33. The van der Waals surface area contributed by atoms with Gasteiger partial charge in [-0.05, 0) is 6.07 Å². The fraction of sp³-hybridized carbons (Fsp3) is 0.286. The highest BCUT2D eigenvalue weighted by Crippen LogP contribution is 2.20. The van der Waals surface area contributed by atoms with E-state index in [1.54, 1.807) is 12.3 Å². The van der Waals surface area contributed by atoms with Crippen LogP contribution in [0.5, 0.6) is 0 Å². The van der Waals surface area contributed by atoms with Gasteiger partial charge in [-0.25, -0.2) is 0 Å². The number of rotatable bonds is 1. The number of nitrogens with zero attached hydrogens (tertiary/aromatic N) is 2. The summed E-state index contributed by atoms with van der Waals surface area (Å²) < 4.78 is 0. The molecule has 0 aliphatic carbocycles. The van der Waals surface area contributed by atoms with Crippen LogP contribution >= 0.6 is 11.6 Å². The van der Waals surface area contributed by atoms with Crippen molar-refractivity contribution >= 4 is 17.3 Å². The Morgan fingerprint density at radius 2 is 2.30 bits per heavy atom. The van der Waals surface area contributed by atoms with Crippen LogP contribution in [-0.4, -0.2) is 19.1 Å². The average Bonchev–Trinajstić information content (AvgIpc) is 1.88. The molecule has 0 atom stereocenters. The van der Waals surface area contributed by atoms with Crippen LogP contribution in [0.3, 0.4) is 0 Å². The predicted molar refractivity (Wildman–Crippen MR) is 42.4 cm³/mol. The van der Waals surface area contributed by atoms with E-state index in [2.05, 4.69) is 11.2 Å². The van der Waals surface area contributed by atoms with E-state index in [-0.39, 0.29) is 0 Å². The first-order valence-corrected chi connectivity index (χ1v) is 3.29. The van der Waals surface area contributed by atoms with Gasteiger partial charge in [-0.15, -0.1) is 0 Å². The zero-order chi connectivity index (χ0) is 7.56. The van der Waals surface area contributed by atoms with Crippen molar-refractivity contribution in [3.05, 3.63) is 23.5 Å². The zero-order valence-electron chi connectivity index (χ0n) is 5.93. The third kappa shape index (κ3) is 1.39. The van der Waals surface area contributed by atoms with E-state index in [1.165, 1.54) is 0 Å². The van der Waals surface area contributed by atoms with Crippen molar-refractivity contribution in [3.63, 3.8) is 0 Å². The molecule has 2 nitrogen and oxygen atoms in total. The van der Waals surface area contributed by atoms with Gasteiger partial charge in [-0.3, -0.25) is 4.98 Å². The lowest BCUT2D eigenvalue weighted by molar-refractivity contribution is 1.11. The van der Waals surface area contributed by atoms with Crippen LogP contribution in [0.25, 0.3) is 0 Å². The highest BCUT2D eigenvalue weighted by Gasteiger charge is 1.99. The van der Waals surface area contributed by atoms with Crippen LogP contribution in [0.15, 0.2) is 12.3 Å². The molecule has 0 fully saturated rings. The maximum atomic E-state index is 5.81. The number of anilines is 1. The third-order valence-electron chi connectivity index (χ3n) is 1.14. The van der Waals surface area contributed by atoms with Gasteiger partial charge in [0.2, 0.25) is 0 Å². The molecule has 0 amide bonds. The van der Waals surface area contributed by atoms with E-state index < -0.39 is 0 Å². The topological polar surface area (TPSA) is 16.1 Å². The molecule has 0 aromatic carbocycles. The molecule has 10 heavy (non-hydrogen) atoms. The van der Waals surface area contributed by atoms with Crippen molar-refractivity contribution in [1.29, 1.82) is 0 Å². The largest absolute Gasteiger partial charge is 0.375 e. The van der Waals surface area contributed by atoms with E-state index in [4.69, 9.17) is 11.6 Å². The van der Waals surface area contributed by atoms with Crippen LogP contribution in [0.4, 0.5) is 5.69 Å². The van der Waals surface area contributed by atoms with Crippen molar-refractivity contribution < 1.29 is 0 Å². The smallest absolute Gasteiger partial charge is 0.116 e. The number of aromatic nitrogens is 1. The predicted octanol–water partition coefficient (Wildman–Crippen LogP) is 1.60. The normalized spacial score (nSPS) is 9.50. The summed E-state index contributed by atoms with van der Waals surface area (Å²) in [7, 11) is 3.80. The van der Waals surface area contributed by atoms with Gasteiger partial charge in [0.25, 0.3) is 0 Å². The second kappa shape index (κ2) is 2.88. The van der Waals surface area contributed by atoms with Crippen LogP contribution < -0.4 is 4.90 Å². The molecule has 0 aliphatic rings. The molecule has 53 valence electrons. The van der Waals surface area contributed by atoms with Crippen molar-refractivity contribution in [1.82, 2.24) is 4.98 Å². The second-order valence-corrected chi connectivity index (χ2v) is 2.55. The van der Waals surface area contributed by atoms with Crippen molar-refractivity contribution in [2.45, 2.75) is 0 Å². The van der Waals surface area contributed by atoms with E-state index in [0.717, 1.165) is 5.69 Å². The first-order chi connectivity index (χ1) is 4.72. The molecule has 0 N–H and O–H groups in total. The SMILES string of the molecule is CN(C)c1[c]nccc1Cl. The quantitative estimate of drug-likeness (QED) is 0.613. The lowest BCUT2D eigenvalue weighted by Crippen LogP contribution is -2.09. The van der Waals surface area contributed by atoms with Crippen LogP contribution in [0.2, 0.25) is 5.02 Å². The fourth-order valence-electron chi connectivity index (χ4n) is 0.647. The minimum absolute atomic E-state index is 0.681. The van der Waals surface area contributed by atoms with E-state index in [1.807, 2.05) is 19.0 Å². The van der Waals surface area contributed by atoms with Crippen LogP contribution in [-0.2, 0) is 0 Å². The zero-order valence-corrected chi connectivity index (χ0v) is 6.68. The molecule has 1 radical (unpaired) electrons. The van der Waals surface area contributed by atoms with Gasteiger partial charge >= 0.3 is 0 Å². The van der Waals surface area contributed by atoms with Gasteiger partial charge in [0, 0.05) is 20.3 Å². The van der Waals surface area contributed by atoms with Crippen molar-refractivity contribution in [2.24, 2.45) is 0 Å². The monoisotopic (exact) mass is 155 g/mol. The third-order valence-corrected chi connectivity index (χ3v) is 1.44. The molecule has 1 rings (SSSR count). The van der Waals surface area contributed by atoms with Crippen LogP contribution in [0.1, 0.15) is 0 Å². The molecule has 1 aromatic rings. The van der Waals surface area contributed by atoms with Gasteiger partial charge in [0.15, 0.2) is 0 Å². The first kappa shape index (κ1) is 7.35. The van der Waals surface area contributed by atoms with Gasteiger partial charge in [0.05, 0.1) is 10.7 Å². The molecule has 1 heterocycles. The standard InChI is InChI=1S/C7H8ClN2/c1-10(2)7-5-9-4-3-6(7)8/h3-4H,1-2H3. The molecular formula is C7H8ClN2. The summed E-state index contributed by atoms with van der Waals surface area (Å²) in [6.45, 7) is 0. The summed E-state index contributed by atoms with van der Waals surface area (Å²) in [6, 6.07) is 1.74. The maximum absolute atomic E-state index is 5.81. The summed E-state index contributed by atoms with van der Waals surface area (Å²) >= 11 is 5.81. The summed E-state index contributed by atoms with van der Waals surface area (Å²) in [5.41, 5.74) is 0.823. The Balaban J connectivity index is 3.03. The second-order valence-electron chi connectivity index (χ2n) is 2.15. The molecule has 0 saturated carbocycles. The molecule has 0 aliphatic heterocycles. The molecule has 1 aromatic heterocycles. The number of pyridine rings is 1. The summed E-state index contributed by atoms with van der Waals surface area (Å²) in [5, 5.41) is 0.681. The Bertz CT molecular complexity index is 223. The fourth-order valence-corrected chi connectivity index (χ4v) is 0.915. The molecule has 3 heteroatoms. The summed E-state index contributed by atoms with van der Waals surface area (Å²) in [6.07, 6.45) is 4.40. The maximum Gasteiger partial charge on any atom is 0.116 e. The Labute approximate surface area is 65.4 Å². The van der Waals surface area contributed by atoms with E-state index in [0.29, 0.717) is 5.02 Å². The van der Waals surface area contributed by atoms with Crippen molar-refractivity contribution in [3.8, 4) is 0 Å². The Kier molecular flexibility index (Phi) is 2.12. The molecule has 0 unspecified atom stereocenters. The first-order valence-electron chi connectivity index (χ1n) is 2.91. The lowest BCUT2D eigenvalue weighted by atomic mass is 10.4. The van der Waals surface area contributed by atoms with Crippen LogP contribution in [0, 0.1) is 6.20 Å². The number of halogens is 1. The highest BCUT2D eigenvalue weighted by atomic mass is 35.5. The van der Waals surface area contributed by atoms with E-state index >= 15 is 0 Å². The summed E-state index contributed by atoms with van der Waals surface area (Å²) in [4.78, 5) is 5.69. The Morgan fingerprint density at radius 3 is 2.70 bits per heavy atom. The van der Waals surface area contributed by atoms with Gasteiger partial charge in [-0.2, -0.15) is 0 Å². The minimum atomic E-state index is 0.681. The average molecular weight is 156 g/mol. The Morgan fingerprint density at radius 1 is 1.60 bits per heavy atom. The van der Waals surface area contributed by atoms with Crippen molar-refractivity contribution in [2.75, 3.05) is 19.0 Å². The Hall–Kier alpha value is -0.760. The number of hydrogen-bond acceptors (Lipinski definition) is 2. The van der Waals surface area contributed by atoms with Gasteiger partial charge in [-0.1, -0.05) is 11.6 Å². The molecular weight excluding hydrogens is 148 g/mol. The number of hydrogen-bond donors (Lipinski definition) is 0. The minimum Gasteiger partial charge on any atom is -0.375 e. The molecule has 0 saturated heterocycles. The van der Waals surface area contributed by atoms with Gasteiger partial charge < -0.3 is 4.90 Å². The summed E-state index contributed by atoms with van der Waals surface area (Å²) in [5.74, 6) is 0. The molecule has 0 spiro atoms. The lowest BCUT2D eigenvalue weighted by Gasteiger charge is -2.11. The molecule has 0 bridgehead atoms. The van der Waals surface area contributed by atoms with Gasteiger partial charge in [0.1, 0.15) is 6.20 Å². The van der Waals surface area contributed by atoms with E-state index in [9.17, 15) is 0 Å².